The van der Waals surface area contributed by atoms with Crippen LogP contribution in [0.3, 0.4) is 0 Å². The van der Waals surface area contributed by atoms with Crippen LogP contribution >= 0.6 is 0 Å². The van der Waals surface area contributed by atoms with Gasteiger partial charge in [-0.15, -0.1) is 0 Å². The summed E-state index contributed by atoms with van der Waals surface area (Å²) in [7, 11) is 3.29. The topological polar surface area (TPSA) is 68.9 Å². The van der Waals surface area contributed by atoms with Gasteiger partial charge in [-0.05, 0) is 48.8 Å². The molecule has 1 aliphatic carbocycles. The maximum Gasteiger partial charge on any atom is 0.188 e. The Balaban J connectivity index is 1.79. The second kappa shape index (κ2) is 8.81. The fourth-order valence-electron chi connectivity index (χ4n) is 3.37. The fraction of sp³-hybridized carbons (Fsp3) is 0.632. The molecule has 0 spiro atoms. The van der Waals surface area contributed by atoms with Crippen LogP contribution in [0, 0.1) is 5.41 Å². The molecule has 0 unspecified atom stereocenters. The average molecular weight is 333 g/mol. The molecule has 24 heavy (non-hydrogen) atoms. The van der Waals surface area contributed by atoms with Crippen LogP contribution in [-0.4, -0.2) is 33.3 Å². The molecule has 1 aromatic carbocycles. The molecule has 0 atom stereocenters. The van der Waals surface area contributed by atoms with Gasteiger partial charge in [-0.3, -0.25) is 4.99 Å². The van der Waals surface area contributed by atoms with Gasteiger partial charge in [0.05, 0.1) is 14.2 Å². The first kappa shape index (κ1) is 18.4. The molecule has 5 nitrogen and oxygen atoms in total. The zero-order valence-electron chi connectivity index (χ0n) is 15.2. The molecule has 1 aromatic rings. The minimum Gasteiger partial charge on any atom is -0.493 e. The summed E-state index contributed by atoms with van der Waals surface area (Å²) in [6.07, 6.45) is 7.27. The van der Waals surface area contributed by atoms with Crippen LogP contribution in [0.25, 0.3) is 0 Å². The Morgan fingerprint density at radius 1 is 1.25 bits per heavy atom. The van der Waals surface area contributed by atoms with Gasteiger partial charge in [-0.2, -0.15) is 0 Å². The number of rotatable bonds is 9. The van der Waals surface area contributed by atoms with E-state index >= 15 is 0 Å². The third-order valence-electron chi connectivity index (χ3n) is 4.95. The third kappa shape index (κ3) is 4.79. The summed E-state index contributed by atoms with van der Waals surface area (Å²) < 4.78 is 10.6. The number of hydrogen-bond donors (Lipinski definition) is 2. The van der Waals surface area contributed by atoms with E-state index in [9.17, 15) is 0 Å². The molecular formula is C19H31N3O2. The Bertz CT molecular complexity index is 554. The lowest BCUT2D eigenvalue weighted by Gasteiger charge is -2.40. The maximum absolute atomic E-state index is 6.02. The molecule has 1 aliphatic rings. The lowest BCUT2D eigenvalue weighted by atomic mass is 9.66. The normalized spacial score (nSPS) is 16.4. The van der Waals surface area contributed by atoms with Gasteiger partial charge in [-0.1, -0.05) is 25.8 Å². The molecule has 3 N–H and O–H groups in total. The smallest absolute Gasteiger partial charge is 0.188 e. The van der Waals surface area contributed by atoms with E-state index in [1.807, 2.05) is 18.2 Å². The summed E-state index contributed by atoms with van der Waals surface area (Å²) in [5.74, 6) is 2.05. The van der Waals surface area contributed by atoms with Crippen molar-refractivity contribution in [3.8, 4) is 11.5 Å². The number of aliphatic imine (C=N–C) groups is 1. The summed E-state index contributed by atoms with van der Waals surface area (Å²) >= 11 is 0. The first-order valence-electron chi connectivity index (χ1n) is 8.87. The largest absolute Gasteiger partial charge is 0.493 e. The lowest BCUT2D eigenvalue weighted by molar-refractivity contribution is 0.130. The van der Waals surface area contributed by atoms with Crippen LogP contribution in [0.2, 0.25) is 0 Å². The highest BCUT2D eigenvalue weighted by Gasteiger charge is 2.35. The van der Waals surface area contributed by atoms with Gasteiger partial charge >= 0.3 is 0 Å². The predicted octanol–water partition coefficient (Wildman–Crippen LogP) is 3.12. The Hall–Kier alpha value is -1.91. The zero-order chi connectivity index (χ0) is 17.4. The van der Waals surface area contributed by atoms with Crippen molar-refractivity contribution in [1.82, 2.24) is 5.32 Å². The second-order valence-electron chi connectivity index (χ2n) is 6.67. The van der Waals surface area contributed by atoms with E-state index in [1.54, 1.807) is 14.2 Å². The number of hydrogen-bond acceptors (Lipinski definition) is 3. The lowest BCUT2D eigenvalue weighted by Crippen LogP contribution is -2.37. The van der Waals surface area contributed by atoms with E-state index < -0.39 is 0 Å². The summed E-state index contributed by atoms with van der Waals surface area (Å²) in [5, 5.41) is 3.22. The maximum atomic E-state index is 6.02. The highest BCUT2D eigenvalue weighted by atomic mass is 16.5. The molecule has 0 heterocycles. The van der Waals surface area contributed by atoms with Crippen molar-refractivity contribution < 1.29 is 9.47 Å². The SMILES string of the molecule is CCCC1(CN=C(N)NCCc2ccc(OC)c(OC)c2)CCC1. The molecular weight excluding hydrogens is 302 g/mol. The van der Waals surface area contributed by atoms with Crippen molar-refractivity contribution in [2.75, 3.05) is 27.3 Å². The molecule has 1 fully saturated rings. The summed E-state index contributed by atoms with van der Waals surface area (Å²) in [6.45, 7) is 3.86. The van der Waals surface area contributed by atoms with Gasteiger partial charge < -0.3 is 20.5 Å². The van der Waals surface area contributed by atoms with Gasteiger partial charge in [-0.25, -0.2) is 0 Å². The van der Waals surface area contributed by atoms with Crippen molar-refractivity contribution in [3.05, 3.63) is 23.8 Å². The van der Waals surface area contributed by atoms with Crippen molar-refractivity contribution in [3.63, 3.8) is 0 Å². The summed E-state index contributed by atoms with van der Waals surface area (Å²) in [4.78, 5) is 4.57. The Morgan fingerprint density at radius 2 is 2.00 bits per heavy atom. The molecule has 1 saturated carbocycles. The van der Waals surface area contributed by atoms with Gasteiger partial charge in [0.15, 0.2) is 17.5 Å². The Kier molecular flexibility index (Phi) is 6.76. The van der Waals surface area contributed by atoms with Gasteiger partial charge in [0, 0.05) is 13.1 Å². The average Bonchev–Trinajstić information content (AvgIpc) is 2.57. The fourth-order valence-corrected chi connectivity index (χ4v) is 3.37. The zero-order valence-corrected chi connectivity index (χ0v) is 15.2. The van der Waals surface area contributed by atoms with Crippen LogP contribution < -0.4 is 20.5 Å². The highest BCUT2D eigenvalue weighted by Crippen LogP contribution is 2.44. The number of methoxy groups -OCH3 is 2. The Morgan fingerprint density at radius 3 is 2.58 bits per heavy atom. The molecule has 5 heteroatoms. The van der Waals surface area contributed by atoms with Crippen LogP contribution in [0.1, 0.15) is 44.6 Å². The number of nitrogens with zero attached hydrogens (tertiary/aromatic N) is 1. The van der Waals surface area contributed by atoms with Crippen LogP contribution in [0.4, 0.5) is 0 Å². The molecule has 134 valence electrons. The third-order valence-corrected chi connectivity index (χ3v) is 4.95. The monoisotopic (exact) mass is 333 g/mol. The second-order valence-corrected chi connectivity index (χ2v) is 6.67. The van der Waals surface area contributed by atoms with Gasteiger partial charge in [0.2, 0.25) is 0 Å². The van der Waals surface area contributed by atoms with Crippen molar-refractivity contribution in [1.29, 1.82) is 0 Å². The van der Waals surface area contributed by atoms with E-state index in [4.69, 9.17) is 15.2 Å². The summed E-state index contributed by atoms with van der Waals surface area (Å²) in [6, 6.07) is 5.97. The number of ether oxygens (including phenoxy) is 2. The van der Waals surface area contributed by atoms with Gasteiger partial charge in [0.1, 0.15) is 0 Å². The Labute approximate surface area is 145 Å². The van der Waals surface area contributed by atoms with Crippen LogP contribution in [0.15, 0.2) is 23.2 Å². The van der Waals surface area contributed by atoms with E-state index in [0.717, 1.165) is 31.0 Å². The van der Waals surface area contributed by atoms with Crippen LogP contribution in [0.5, 0.6) is 11.5 Å². The predicted molar refractivity (Wildman–Crippen MR) is 98.9 cm³/mol. The molecule has 0 bridgehead atoms. The molecule has 0 aliphatic heterocycles. The quantitative estimate of drug-likeness (QED) is 0.538. The molecule has 0 amide bonds. The van der Waals surface area contributed by atoms with E-state index in [-0.39, 0.29) is 0 Å². The van der Waals surface area contributed by atoms with E-state index in [2.05, 4.69) is 17.2 Å². The van der Waals surface area contributed by atoms with Crippen molar-refractivity contribution in [2.45, 2.75) is 45.4 Å². The van der Waals surface area contributed by atoms with Crippen LogP contribution in [-0.2, 0) is 6.42 Å². The highest BCUT2D eigenvalue weighted by molar-refractivity contribution is 5.77. The number of benzene rings is 1. The molecule has 2 rings (SSSR count). The minimum absolute atomic E-state index is 0.421. The first-order valence-corrected chi connectivity index (χ1v) is 8.87. The van der Waals surface area contributed by atoms with Crippen molar-refractivity contribution in [2.24, 2.45) is 16.1 Å². The van der Waals surface area contributed by atoms with Crippen molar-refractivity contribution >= 4 is 5.96 Å². The first-order chi connectivity index (χ1) is 11.6. The van der Waals surface area contributed by atoms with Gasteiger partial charge in [0.25, 0.3) is 0 Å². The molecule has 0 radical (unpaired) electrons. The minimum atomic E-state index is 0.421. The molecule has 0 aromatic heterocycles. The summed E-state index contributed by atoms with van der Waals surface area (Å²) in [5.41, 5.74) is 7.61. The molecule has 0 saturated heterocycles. The number of nitrogens with one attached hydrogen (secondary N) is 1. The standard InChI is InChI=1S/C19H31N3O2/c1-4-9-19(10-5-11-19)14-22-18(20)21-12-8-15-6-7-16(23-2)17(13-15)24-3/h6-7,13H,4-5,8-12,14H2,1-3H3,(H3,20,21,22). The van der Waals surface area contributed by atoms with E-state index in [0.29, 0.717) is 11.4 Å². The van der Waals surface area contributed by atoms with E-state index in [1.165, 1.54) is 37.7 Å². The number of guanidine groups is 1. The number of nitrogens with two attached hydrogens (primary N) is 1.